The Morgan fingerprint density at radius 3 is 3.00 bits per heavy atom. The second kappa shape index (κ2) is 7.08. The van der Waals surface area contributed by atoms with E-state index in [0.29, 0.717) is 12.6 Å². The van der Waals surface area contributed by atoms with E-state index < -0.39 is 0 Å². The summed E-state index contributed by atoms with van der Waals surface area (Å²) in [7, 11) is 0. The molecule has 2 aliphatic rings. The molecule has 4 rings (SSSR count). The molecule has 2 unspecified atom stereocenters. The molecular formula is C20H25N3OS. The summed E-state index contributed by atoms with van der Waals surface area (Å²) < 4.78 is 0. The largest absolute Gasteiger partial charge is 0.367 e. The third-order valence-electron chi connectivity index (χ3n) is 5.36. The molecule has 1 aromatic heterocycles. The van der Waals surface area contributed by atoms with Crippen molar-refractivity contribution in [2.45, 2.75) is 38.3 Å². The summed E-state index contributed by atoms with van der Waals surface area (Å²) in [5.41, 5.74) is 2.74. The molecule has 2 aliphatic heterocycles. The summed E-state index contributed by atoms with van der Waals surface area (Å²) in [5.74, 6) is 0. The van der Waals surface area contributed by atoms with Gasteiger partial charge < -0.3 is 15.1 Å². The molecule has 0 saturated carbocycles. The minimum Gasteiger partial charge on any atom is -0.367 e. The van der Waals surface area contributed by atoms with E-state index in [4.69, 9.17) is 0 Å². The molecular weight excluding hydrogens is 330 g/mol. The Labute approximate surface area is 153 Å². The summed E-state index contributed by atoms with van der Waals surface area (Å²) >= 11 is 1.75. The van der Waals surface area contributed by atoms with E-state index in [1.54, 1.807) is 11.3 Å². The Kier molecular flexibility index (Phi) is 4.66. The molecule has 3 heterocycles. The smallest absolute Gasteiger partial charge is 0.318 e. The first kappa shape index (κ1) is 16.5. The number of rotatable bonds is 4. The third kappa shape index (κ3) is 3.25. The van der Waals surface area contributed by atoms with Gasteiger partial charge >= 0.3 is 6.03 Å². The number of hydrogen-bond donors (Lipinski definition) is 1. The van der Waals surface area contributed by atoms with Gasteiger partial charge in [-0.05, 0) is 49.3 Å². The van der Waals surface area contributed by atoms with Crippen molar-refractivity contribution in [3.05, 3.63) is 52.2 Å². The minimum absolute atomic E-state index is 0.0797. The number of nitrogens with one attached hydrogen (secondary N) is 1. The Morgan fingerprint density at radius 2 is 2.16 bits per heavy atom. The molecule has 4 nitrogen and oxygen atoms in total. The van der Waals surface area contributed by atoms with Gasteiger partial charge in [0.25, 0.3) is 0 Å². The fraction of sp³-hybridized carbons (Fsp3) is 0.450. The topological polar surface area (TPSA) is 35.6 Å². The van der Waals surface area contributed by atoms with Crippen LogP contribution in [0.1, 0.15) is 36.2 Å². The fourth-order valence-electron chi connectivity index (χ4n) is 4.14. The maximum atomic E-state index is 12.7. The van der Waals surface area contributed by atoms with Crippen molar-refractivity contribution in [1.29, 1.82) is 0 Å². The average Bonchev–Trinajstić information content (AvgIpc) is 3.34. The van der Waals surface area contributed by atoms with Gasteiger partial charge in [0.1, 0.15) is 0 Å². The lowest BCUT2D eigenvalue weighted by atomic mass is 10.1. The van der Waals surface area contributed by atoms with Crippen LogP contribution in [0.3, 0.4) is 0 Å². The third-order valence-corrected chi connectivity index (χ3v) is 6.34. The summed E-state index contributed by atoms with van der Waals surface area (Å²) in [6.07, 6.45) is 3.26. The van der Waals surface area contributed by atoms with Crippen LogP contribution < -0.4 is 10.2 Å². The molecule has 0 radical (unpaired) electrons. The van der Waals surface area contributed by atoms with E-state index in [-0.39, 0.29) is 12.1 Å². The van der Waals surface area contributed by atoms with Gasteiger partial charge in [0.2, 0.25) is 0 Å². The predicted octanol–water partition coefficient (Wildman–Crippen LogP) is 4.05. The number of benzene rings is 1. The van der Waals surface area contributed by atoms with Gasteiger partial charge in [-0.25, -0.2) is 4.79 Å². The number of carbonyl (C=O) groups is 1. The number of para-hydroxylation sites is 1. The molecule has 1 N–H and O–H groups in total. The first-order valence-corrected chi connectivity index (χ1v) is 10.0. The number of nitrogens with zero attached hydrogens (tertiary/aromatic N) is 2. The highest BCUT2D eigenvalue weighted by Crippen LogP contribution is 2.34. The number of hydrogen-bond acceptors (Lipinski definition) is 3. The second-order valence-corrected chi connectivity index (χ2v) is 7.95. The molecule has 1 aromatic carbocycles. The van der Waals surface area contributed by atoms with E-state index in [9.17, 15) is 4.79 Å². The number of amides is 2. The van der Waals surface area contributed by atoms with Crippen molar-refractivity contribution < 1.29 is 4.79 Å². The minimum atomic E-state index is 0.0797. The lowest BCUT2D eigenvalue weighted by Crippen LogP contribution is -2.43. The van der Waals surface area contributed by atoms with Gasteiger partial charge in [-0.1, -0.05) is 24.3 Å². The lowest BCUT2D eigenvalue weighted by Gasteiger charge is -2.27. The van der Waals surface area contributed by atoms with Crippen molar-refractivity contribution in [3.8, 4) is 0 Å². The van der Waals surface area contributed by atoms with Crippen LogP contribution in [0.2, 0.25) is 0 Å². The number of anilines is 1. The summed E-state index contributed by atoms with van der Waals surface area (Å²) in [6.45, 7) is 4.67. The van der Waals surface area contributed by atoms with E-state index >= 15 is 0 Å². The van der Waals surface area contributed by atoms with Crippen LogP contribution in [0.5, 0.6) is 0 Å². The first-order valence-electron chi connectivity index (χ1n) is 9.16. The summed E-state index contributed by atoms with van der Waals surface area (Å²) in [6, 6.07) is 13.6. The molecule has 0 aliphatic carbocycles. The average molecular weight is 356 g/mol. The van der Waals surface area contributed by atoms with Crippen molar-refractivity contribution in [2.75, 3.05) is 24.5 Å². The van der Waals surface area contributed by atoms with Crippen molar-refractivity contribution in [1.82, 2.24) is 10.2 Å². The predicted molar refractivity (Wildman–Crippen MR) is 103 cm³/mol. The highest BCUT2D eigenvalue weighted by molar-refractivity contribution is 7.10. The highest BCUT2D eigenvalue weighted by atomic mass is 32.1. The van der Waals surface area contributed by atoms with Crippen LogP contribution in [0.25, 0.3) is 0 Å². The Balaban J connectivity index is 1.34. The standard InChI is InChI=1S/C20H25N3OS/c1-15-14-16-6-2-3-7-17(16)22(15)12-10-21-20(24)23-11-4-8-18(23)19-9-5-13-25-19/h2-3,5-7,9,13,15,18H,4,8,10-12,14H2,1H3,(H,21,24). The molecule has 132 valence electrons. The Morgan fingerprint density at radius 1 is 1.28 bits per heavy atom. The first-order chi connectivity index (χ1) is 12.2. The quantitative estimate of drug-likeness (QED) is 0.898. The Bertz CT molecular complexity index is 730. The zero-order valence-electron chi connectivity index (χ0n) is 14.6. The lowest BCUT2D eigenvalue weighted by molar-refractivity contribution is 0.194. The maximum Gasteiger partial charge on any atom is 0.318 e. The SMILES string of the molecule is CC1Cc2ccccc2N1CCNC(=O)N1CCCC1c1cccs1. The maximum absolute atomic E-state index is 12.7. The van der Waals surface area contributed by atoms with E-state index in [1.807, 2.05) is 4.90 Å². The molecule has 0 spiro atoms. The monoisotopic (exact) mass is 355 g/mol. The zero-order chi connectivity index (χ0) is 17.2. The molecule has 2 aromatic rings. The normalized spacial score (nSPS) is 22.3. The number of carbonyl (C=O) groups excluding carboxylic acids is 1. The van der Waals surface area contributed by atoms with E-state index in [2.05, 4.69) is 58.9 Å². The molecule has 0 bridgehead atoms. The number of urea groups is 1. The Hall–Kier alpha value is -2.01. The van der Waals surface area contributed by atoms with Gasteiger partial charge in [-0.2, -0.15) is 0 Å². The van der Waals surface area contributed by atoms with Crippen LogP contribution in [-0.4, -0.2) is 36.6 Å². The van der Waals surface area contributed by atoms with Gasteiger partial charge in [0.15, 0.2) is 0 Å². The van der Waals surface area contributed by atoms with Gasteiger partial charge in [0, 0.05) is 36.2 Å². The van der Waals surface area contributed by atoms with Gasteiger partial charge in [-0.3, -0.25) is 0 Å². The molecule has 5 heteroatoms. The van der Waals surface area contributed by atoms with E-state index in [1.165, 1.54) is 16.1 Å². The summed E-state index contributed by atoms with van der Waals surface area (Å²) in [4.78, 5) is 18.4. The van der Waals surface area contributed by atoms with Crippen molar-refractivity contribution in [3.63, 3.8) is 0 Å². The zero-order valence-corrected chi connectivity index (χ0v) is 15.5. The van der Waals surface area contributed by atoms with Crippen molar-refractivity contribution in [2.24, 2.45) is 0 Å². The van der Waals surface area contributed by atoms with Crippen LogP contribution >= 0.6 is 11.3 Å². The van der Waals surface area contributed by atoms with Crippen LogP contribution in [0, 0.1) is 0 Å². The van der Waals surface area contributed by atoms with Crippen LogP contribution in [-0.2, 0) is 6.42 Å². The fourth-order valence-corrected chi connectivity index (χ4v) is 5.02. The number of thiophene rings is 1. The molecule has 1 fully saturated rings. The highest BCUT2D eigenvalue weighted by Gasteiger charge is 2.31. The second-order valence-electron chi connectivity index (χ2n) is 6.97. The van der Waals surface area contributed by atoms with Crippen molar-refractivity contribution >= 4 is 23.1 Å². The molecule has 2 atom stereocenters. The molecule has 2 amide bonds. The number of likely N-dealkylation sites (tertiary alicyclic amines) is 1. The molecule has 25 heavy (non-hydrogen) atoms. The van der Waals surface area contributed by atoms with Gasteiger partial charge in [-0.15, -0.1) is 11.3 Å². The molecule has 1 saturated heterocycles. The van der Waals surface area contributed by atoms with Crippen LogP contribution in [0.4, 0.5) is 10.5 Å². The van der Waals surface area contributed by atoms with E-state index in [0.717, 1.165) is 32.4 Å². The summed E-state index contributed by atoms with van der Waals surface area (Å²) in [5, 5.41) is 5.24. The van der Waals surface area contributed by atoms with Gasteiger partial charge in [0.05, 0.1) is 6.04 Å². The van der Waals surface area contributed by atoms with Crippen LogP contribution in [0.15, 0.2) is 41.8 Å². The number of fused-ring (bicyclic) bond motifs is 1.